The van der Waals surface area contributed by atoms with Crippen molar-refractivity contribution in [2.45, 2.75) is 26.6 Å². The Balaban J connectivity index is 1.62. The van der Waals surface area contributed by atoms with E-state index in [-0.39, 0.29) is 11.3 Å². The molecule has 2 heterocycles. The number of hydrogen-bond donors (Lipinski definition) is 3. The Morgan fingerprint density at radius 1 is 1.03 bits per heavy atom. The maximum atomic E-state index is 13.5. The molecule has 0 saturated heterocycles. The Labute approximate surface area is 224 Å². The number of halogens is 3. The number of aryl methyl sites for hydroxylation is 2. The maximum Gasteiger partial charge on any atom is 0.416 e. The lowest BCUT2D eigenvalue weighted by Gasteiger charge is -2.16. The van der Waals surface area contributed by atoms with Crippen LogP contribution in [0.25, 0.3) is 5.82 Å². The average Bonchev–Trinajstić information content (AvgIpc) is 3.24. The second-order valence-electron chi connectivity index (χ2n) is 9.36. The fraction of sp³-hybridized carbons (Fsp3) is 0.259. The van der Waals surface area contributed by atoms with E-state index in [1.165, 1.54) is 6.33 Å². The van der Waals surface area contributed by atoms with Crippen LogP contribution < -0.4 is 16.0 Å². The summed E-state index contributed by atoms with van der Waals surface area (Å²) >= 11 is 0. The second-order valence-corrected chi connectivity index (χ2v) is 9.36. The molecule has 0 unspecified atom stereocenters. The number of nitrogens with one attached hydrogen (secondary N) is 3. The van der Waals surface area contributed by atoms with E-state index >= 15 is 0 Å². The van der Waals surface area contributed by atoms with Crippen LogP contribution in [0.1, 0.15) is 32.7 Å². The van der Waals surface area contributed by atoms with E-state index in [4.69, 9.17) is 0 Å². The highest BCUT2D eigenvalue weighted by Crippen LogP contribution is 2.33. The number of rotatable bonds is 8. The van der Waals surface area contributed by atoms with Crippen LogP contribution in [0.15, 0.2) is 54.9 Å². The number of nitrogens with zero attached hydrogens (tertiary/aromatic N) is 5. The standard InChI is InChI=1S/C27H29F3N8O/c1-16-6-7-19(26(39)34-21-10-18(14-37(4)5)9-20(12-21)27(28,29)30)11-22(16)35-25-8-17(2)36-38(25)24-13-23(31-3)32-15-33-24/h6-13,15,35H,14H2,1-5H3,(H,34,39)(H,31,32,33). The molecule has 12 heteroatoms. The first-order valence-corrected chi connectivity index (χ1v) is 12.0. The lowest BCUT2D eigenvalue weighted by atomic mass is 10.1. The van der Waals surface area contributed by atoms with Gasteiger partial charge >= 0.3 is 6.18 Å². The Morgan fingerprint density at radius 2 is 1.79 bits per heavy atom. The van der Waals surface area contributed by atoms with Gasteiger partial charge in [0.05, 0.1) is 11.3 Å². The molecule has 3 N–H and O–H groups in total. The fourth-order valence-corrected chi connectivity index (χ4v) is 3.99. The van der Waals surface area contributed by atoms with Gasteiger partial charge in [0, 0.05) is 42.7 Å². The van der Waals surface area contributed by atoms with Crippen molar-refractivity contribution < 1.29 is 18.0 Å². The van der Waals surface area contributed by atoms with Crippen LogP contribution in [0.3, 0.4) is 0 Å². The number of alkyl halides is 3. The number of hydrogen-bond acceptors (Lipinski definition) is 7. The van der Waals surface area contributed by atoms with Gasteiger partial charge in [0.2, 0.25) is 0 Å². The van der Waals surface area contributed by atoms with Gasteiger partial charge in [0.15, 0.2) is 5.82 Å². The van der Waals surface area contributed by atoms with Crippen LogP contribution in [0, 0.1) is 13.8 Å². The molecule has 0 aliphatic rings. The van der Waals surface area contributed by atoms with Crippen LogP contribution in [-0.2, 0) is 12.7 Å². The van der Waals surface area contributed by atoms with Crippen LogP contribution in [0.5, 0.6) is 0 Å². The molecule has 0 aliphatic heterocycles. The molecule has 4 rings (SSSR count). The van der Waals surface area contributed by atoms with E-state index in [0.29, 0.717) is 35.2 Å². The third-order valence-electron chi connectivity index (χ3n) is 5.80. The summed E-state index contributed by atoms with van der Waals surface area (Å²) in [5.41, 5.74) is 2.18. The lowest BCUT2D eigenvalue weighted by Crippen LogP contribution is -2.16. The van der Waals surface area contributed by atoms with Crippen molar-refractivity contribution in [1.82, 2.24) is 24.6 Å². The van der Waals surface area contributed by atoms with E-state index in [9.17, 15) is 18.0 Å². The molecule has 39 heavy (non-hydrogen) atoms. The zero-order valence-electron chi connectivity index (χ0n) is 22.2. The number of aromatic nitrogens is 4. The average molecular weight is 539 g/mol. The zero-order valence-corrected chi connectivity index (χ0v) is 22.2. The molecule has 0 bridgehead atoms. The van der Waals surface area contributed by atoms with Gasteiger partial charge in [0.1, 0.15) is 18.0 Å². The summed E-state index contributed by atoms with van der Waals surface area (Å²) in [6.45, 7) is 4.01. The highest BCUT2D eigenvalue weighted by molar-refractivity contribution is 6.05. The zero-order chi connectivity index (χ0) is 28.3. The molecule has 2 aromatic heterocycles. The maximum absolute atomic E-state index is 13.5. The molecule has 2 aromatic carbocycles. The molecule has 9 nitrogen and oxygen atoms in total. The minimum atomic E-state index is -4.54. The molecular weight excluding hydrogens is 509 g/mol. The van der Waals surface area contributed by atoms with E-state index in [0.717, 1.165) is 23.4 Å². The van der Waals surface area contributed by atoms with Crippen molar-refractivity contribution in [2.24, 2.45) is 0 Å². The first kappa shape index (κ1) is 27.6. The number of amides is 1. The minimum absolute atomic E-state index is 0.0690. The molecule has 204 valence electrons. The summed E-state index contributed by atoms with van der Waals surface area (Å²) in [6.07, 6.45) is -3.11. The summed E-state index contributed by atoms with van der Waals surface area (Å²) < 4.78 is 42.1. The van der Waals surface area contributed by atoms with Gasteiger partial charge in [-0.25, -0.2) is 9.97 Å². The van der Waals surface area contributed by atoms with Crippen LogP contribution in [0.2, 0.25) is 0 Å². The Kier molecular flexibility index (Phi) is 7.86. The van der Waals surface area contributed by atoms with Crippen molar-refractivity contribution in [2.75, 3.05) is 37.1 Å². The molecule has 0 radical (unpaired) electrons. The number of anilines is 4. The predicted octanol–water partition coefficient (Wildman–Crippen LogP) is 5.40. The smallest absolute Gasteiger partial charge is 0.373 e. The Bertz CT molecular complexity index is 1500. The van der Waals surface area contributed by atoms with E-state index in [1.54, 1.807) is 61.1 Å². The molecule has 1 amide bonds. The van der Waals surface area contributed by atoms with Crippen LogP contribution >= 0.6 is 0 Å². The van der Waals surface area contributed by atoms with Gasteiger partial charge in [-0.15, -0.1) is 0 Å². The quantitative estimate of drug-likeness (QED) is 0.276. The molecule has 4 aromatic rings. The van der Waals surface area contributed by atoms with Gasteiger partial charge in [-0.05, 0) is 69.4 Å². The second kappa shape index (κ2) is 11.1. The molecule has 0 spiro atoms. The molecular formula is C27H29F3N8O. The van der Waals surface area contributed by atoms with Gasteiger partial charge in [-0.2, -0.15) is 23.0 Å². The summed E-state index contributed by atoms with van der Waals surface area (Å²) in [4.78, 5) is 23.3. The van der Waals surface area contributed by atoms with Crippen LogP contribution in [0.4, 0.5) is 36.2 Å². The lowest BCUT2D eigenvalue weighted by molar-refractivity contribution is -0.137. The van der Waals surface area contributed by atoms with Crippen LogP contribution in [-0.4, -0.2) is 51.7 Å². The van der Waals surface area contributed by atoms with Crippen molar-refractivity contribution in [3.8, 4) is 5.82 Å². The first-order chi connectivity index (χ1) is 18.4. The highest BCUT2D eigenvalue weighted by atomic mass is 19.4. The summed E-state index contributed by atoms with van der Waals surface area (Å²) in [6, 6.07) is 12.2. The number of carbonyl (C=O) groups excluding carboxylic acids is 1. The van der Waals surface area contributed by atoms with E-state index in [1.807, 2.05) is 19.9 Å². The van der Waals surface area contributed by atoms with E-state index in [2.05, 4.69) is 31.0 Å². The SMILES string of the molecule is CNc1cc(-n2nc(C)cc2Nc2cc(C(=O)Nc3cc(CN(C)C)cc(C(F)(F)F)c3)ccc2C)ncn1. The minimum Gasteiger partial charge on any atom is -0.373 e. The topological polar surface area (TPSA) is 100 Å². The largest absolute Gasteiger partial charge is 0.416 e. The normalized spacial score (nSPS) is 11.5. The monoisotopic (exact) mass is 538 g/mol. The van der Waals surface area contributed by atoms with Gasteiger partial charge in [0.25, 0.3) is 5.91 Å². The fourth-order valence-electron chi connectivity index (χ4n) is 3.99. The predicted molar refractivity (Wildman–Crippen MR) is 145 cm³/mol. The van der Waals surface area contributed by atoms with Crippen molar-refractivity contribution in [1.29, 1.82) is 0 Å². The van der Waals surface area contributed by atoms with Crippen molar-refractivity contribution in [3.63, 3.8) is 0 Å². The third kappa shape index (κ3) is 6.71. The van der Waals surface area contributed by atoms with Gasteiger partial charge in [-0.1, -0.05) is 6.07 Å². The third-order valence-corrected chi connectivity index (χ3v) is 5.80. The molecule has 0 saturated carbocycles. The van der Waals surface area contributed by atoms with Crippen molar-refractivity contribution >= 4 is 28.9 Å². The number of benzene rings is 2. The summed E-state index contributed by atoms with van der Waals surface area (Å²) in [5, 5.41) is 13.4. The first-order valence-electron chi connectivity index (χ1n) is 12.0. The Morgan fingerprint density at radius 3 is 2.49 bits per heavy atom. The van der Waals surface area contributed by atoms with Gasteiger partial charge in [-0.3, -0.25) is 4.79 Å². The molecule has 0 fully saturated rings. The van der Waals surface area contributed by atoms with Crippen molar-refractivity contribution in [3.05, 3.63) is 82.8 Å². The Hall–Kier alpha value is -4.45. The molecule has 0 aliphatic carbocycles. The number of carbonyl (C=O) groups is 1. The van der Waals surface area contributed by atoms with E-state index < -0.39 is 17.6 Å². The highest BCUT2D eigenvalue weighted by Gasteiger charge is 2.31. The summed E-state index contributed by atoms with van der Waals surface area (Å²) in [7, 11) is 5.27. The molecule has 0 atom stereocenters. The summed E-state index contributed by atoms with van der Waals surface area (Å²) in [5.74, 6) is 1.24. The van der Waals surface area contributed by atoms with Gasteiger partial charge < -0.3 is 20.9 Å².